The average molecular weight is 566 g/mol. The maximum Gasteiger partial charge on any atom is 0.264 e. The van der Waals surface area contributed by atoms with E-state index in [-0.39, 0.29) is 28.6 Å². The summed E-state index contributed by atoms with van der Waals surface area (Å²) < 4.78 is 77.0. The minimum atomic E-state index is -4.17. The van der Waals surface area contributed by atoms with Gasteiger partial charge in [-0.15, -0.1) is 0 Å². The number of sulfonamides is 2. The van der Waals surface area contributed by atoms with Crippen LogP contribution in [0.5, 0.6) is 11.5 Å². The summed E-state index contributed by atoms with van der Waals surface area (Å²) in [5.41, 5.74) is 0.112. The van der Waals surface area contributed by atoms with Gasteiger partial charge in [0.25, 0.3) is 10.0 Å². The maximum absolute atomic E-state index is 13.5. The van der Waals surface area contributed by atoms with Crippen molar-refractivity contribution < 1.29 is 35.5 Å². The average Bonchev–Trinajstić information content (AvgIpc) is 2.90. The molecule has 38 heavy (non-hydrogen) atoms. The minimum Gasteiger partial charge on any atom is -0.497 e. The van der Waals surface area contributed by atoms with Crippen molar-refractivity contribution in [1.29, 1.82) is 0 Å². The molecule has 0 aliphatic rings. The molecule has 0 spiro atoms. The fraction of sp³-hybridized carbons (Fsp3) is 0.240. The van der Waals surface area contributed by atoms with E-state index in [0.717, 1.165) is 20.7 Å². The van der Waals surface area contributed by atoms with Gasteiger partial charge in [0.15, 0.2) is 0 Å². The lowest BCUT2D eigenvalue weighted by atomic mass is 10.3. The molecule has 3 aromatic carbocycles. The van der Waals surface area contributed by atoms with Crippen LogP contribution in [0, 0.1) is 5.82 Å². The number of benzene rings is 3. The molecule has 0 heterocycles. The number of anilines is 1. The van der Waals surface area contributed by atoms with Gasteiger partial charge < -0.3 is 14.8 Å². The number of carbonyl (C=O) groups excluding carboxylic acids is 1. The molecule has 0 atom stereocenters. The standard InChI is InChI=1S/C25H28FN3O7S2/c1-28(2)37(31,32)23-14-10-22(11-15-23)36-17-16-27-25(30)18-29(20-6-4-19(26)5-7-20)38(33,34)24-12-8-21(35-3)9-13-24/h4-15H,16-18H2,1-3H3,(H,27,30). The molecule has 0 bridgehead atoms. The van der Waals surface area contributed by atoms with Crippen LogP contribution >= 0.6 is 0 Å². The van der Waals surface area contributed by atoms with Crippen molar-refractivity contribution in [2.24, 2.45) is 0 Å². The molecule has 10 nitrogen and oxygen atoms in total. The molecule has 3 rings (SSSR count). The Kier molecular flexibility index (Phi) is 9.31. The number of carbonyl (C=O) groups is 1. The van der Waals surface area contributed by atoms with Crippen LogP contribution in [-0.4, -0.2) is 67.9 Å². The van der Waals surface area contributed by atoms with Crippen LogP contribution in [-0.2, 0) is 24.8 Å². The number of nitrogens with zero attached hydrogens (tertiary/aromatic N) is 2. The van der Waals surface area contributed by atoms with E-state index in [4.69, 9.17) is 9.47 Å². The van der Waals surface area contributed by atoms with Gasteiger partial charge in [0.1, 0.15) is 30.5 Å². The second kappa shape index (κ2) is 12.2. The zero-order valence-corrected chi connectivity index (χ0v) is 22.6. The van der Waals surface area contributed by atoms with E-state index >= 15 is 0 Å². The first-order valence-electron chi connectivity index (χ1n) is 11.3. The molecule has 0 aromatic heterocycles. The highest BCUT2D eigenvalue weighted by Crippen LogP contribution is 2.25. The molecule has 1 amide bonds. The number of hydrogen-bond donors (Lipinski definition) is 1. The molecule has 0 aliphatic carbocycles. The van der Waals surface area contributed by atoms with Crippen molar-refractivity contribution in [3.63, 3.8) is 0 Å². The van der Waals surface area contributed by atoms with E-state index in [2.05, 4.69) is 5.32 Å². The maximum atomic E-state index is 13.5. The highest BCUT2D eigenvalue weighted by Gasteiger charge is 2.27. The highest BCUT2D eigenvalue weighted by atomic mass is 32.2. The number of ether oxygens (including phenoxy) is 2. The Hall–Kier alpha value is -3.68. The van der Waals surface area contributed by atoms with Gasteiger partial charge in [0.05, 0.1) is 29.1 Å². The Morgan fingerprint density at radius 2 is 1.34 bits per heavy atom. The predicted octanol–water partition coefficient (Wildman–Crippen LogP) is 2.48. The zero-order valence-electron chi connectivity index (χ0n) is 21.0. The van der Waals surface area contributed by atoms with Crippen LogP contribution in [0.1, 0.15) is 0 Å². The van der Waals surface area contributed by atoms with Crippen LogP contribution in [0.2, 0.25) is 0 Å². The molecule has 0 aliphatic heterocycles. The Morgan fingerprint density at radius 1 is 0.816 bits per heavy atom. The molecule has 1 N–H and O–H groups in total. The Bertz CT molecular complexity index is 1440. The molecule has 0 radical (unpaired) electrons. The lowest BCUT2D eigenvalue weighted by Crippen LogP contribution is -2.41. The summed E-state index contributed by atoms with van der Waals surface area (Å²) in [4.78, 5) is 12.7. The number of nitrogens with one attached hydrogen (secondary N) is 1. The number of rotatable bonds is 12. The van der Waals surface area contributed by atoms with Crippen molar-refractivity contribution in [1.82, 2.24) is 9.62 Å². The van der Waals surface area contributed by atoms with Crippen LogP contribution in [0.3, 0.4) is 0 Å². The summed E-state index contributed by atoms with van der Waals surface area (Å²) in [6.45, 7) is -0.458. The summed E-state index contributed by atoms with van der Waals surface area (Å²) in [6.07, 6.45) is 0. The first-order valence-corrected chi connectivity index (χ1v) is 14.2. The predicted molar refractivity (Wildman–Crippen MR) is 140 cm³/mol. The first-order chi connectivity index (χ1) is 17.9. The van der Waals surface area contributed by atoms with Crippen LogP contribution in [0.25, 0.3) is 0 Å². The van der Waals surface area contributed by atoms with Gasteiger partial charge in [0.2, 0.25) is 15.9 Å². The van der Waals surface area contributed by atoms with Crippen molar-refractivity contribution in [2.75, 3.05) is 45.2 Å². The van der Waals surface area contributed by atoms with Crippen molar-refractivity contribution >= 4 is 31.6 Å². The zero-order chi connectivity index (χ0) is 27.9. The molecular weight excluding hydrogens is 537 g/mol. The van der Waals surface area contributed by atoms with Gasteiger partial charge >= 0.3 is 0 Å². The fourth-order valence-electron chi connectivity index (χ4n) is 3.26. The lowest BCUT2D eigenvalue weighted by molar-refractivity contribution is -0.119. The number of hydrogen-bond acceptors (Lipinski definition) is 7. The molecule has 0 saturated heterocycles. The monoisotopic (exact) mass is 565 g/mol. The first kappa shape index (κ1) is 28.9. The number of amides is 1. The van der Waals surface area contributed by atoms with E-state index in [0.29, 0.717) is 11.5 Å². The lowest BCUT2D eigenvalue weighted by Gasteiger charge is -2.24. The summed E-state index contributed by atoms with van der Waals surface area (Å²) in [7, 11) is -3.42. The summed E-state index contributed by atoms with van der Waals surface area (Å²) >= 11 is 0. The molecular formula is C25H28FN3O7S2. The topological polar surface area (TPSA) is 122 Å². The number of halogens is 1. The molecule has 204 valence electrons. The summed E-state index contributed by atoms with van der Waals surface area (Å²) in [5.74, 6) is -0.303. The van der Waals surface area contributed by atoms with E-state index in [1.54, 1.807) is 0 Å². The Morgan fingerprint density at radius 3 is 1.87 bits per heavy atom. The van der Waals surface area contributed by atoms with Gasteiger partial charge in [-0.05, 0) is 72.8 Å². The van der Waals surface area contributed by atoms with Gasteiger partial charge in [0, 0.05) is 14.1 Å². The van der Waals surface area contributed by atoms with Crippen molar-refractivity contribution in [3.8, 4) is 11.5 Å². The molecule has 13 heteroatoms. The molecule has 0 unspecified atom stereocenters. The van der Waals surface area contributed by atoms with E-state index in [9.17, 15) is 26.0 Å². The number of methoxy groups -OCH3 is 1. The minimum absolute atomic E-state index is 0.0489. The molecule has 3 aromatic rings. The normalized spacial score (nSPS) is 11.7. The van der Waals surface area contributed by atoms with E-state index < -0.39 is 38.3 Å². The largest absolute Gasteiger partial charge is 0.497 e. The van der Waals surface area contributed by atoms with Gasteiger partial charge in [-0.25, -0.2) is 25.5 Å². The summed E-state index contributed by atoms with van der Waals surface area (Å²) in [6, 6.07) is 16.2. The quantitative estimate of drug-likeness (QED) is 0.335. The van der Waals surface area contributed by atoms with Crippen molar-refractivity contribution in [2.45, 2.75) is 9.79 Å². The third kappa shape index (κ3) is 7.00. The second-order valence-corrected chi connectivity index (χ2v) is 12.1. The van der Waals surface area contributed by atoms with Crippen LogP contribution in [0.4, 0.5) is 10.1 Å². The van der Waals surface area contributed by atoms with Gasteiger partial charge in [-0.3, -0.25) is 9.10 Å². The van der Waals surface area contributed by atoms with E-state index in [1.165, 1.54) is 81.9 Å². The highest BCUT2D eigenvalue weighted by molar-refractivity contribution is 7.92. The molecule has 0 fully saturated rings. The third-order valence-corrected chi connectivity index (χ3v) is 8.96. The van der Waals surface area contributed by atoms with Gasteiger partial charge in [-0.2, -0.15) is 0 Å². The van der Waals surface area contributed by atoms with Crippen LogP contribution in [0.15, 0.2) is 82.6 Å². The Labute approximate surface area is 221 Å². The van der Waals surface area contributed by atoms with Gasteiger partial charge in [-0.1, -0.05) is 0 Å². The van der Waals surface area contributed by atoms with Crippen molar-refractivity contribution in [3.05, 3.63) is 78.6 Å². The Balaban J connectivity index is 1.65. The SMILES string of the molecule is COc1ccc(S(=O)(=O)N(CC(=O)NCCOc2ccc(S(=O)(=O)N(C)C)cc2)c2ccc(F)cc2)cc1. The smallest absolute Gasteiger partial charge is 0.264 e. The fourth-order valence-corrected chi connectivity index (χ4v) is 5.58. The second-order valence-electron chi connectivity index (χ2n) is 8.12. The molecule has 0 saturated carbocycles. The third-order valence-electron chi connectivity index (χ3n) is 5.34. The van der Waals surface area contributed by atoms with E-state index in [1.807, 2.05) is 0 Å². The summed E-state index contributed by atoms with van der Waals surface area (Å²) in [5, 5.41) is 2.59. The van der Waals surface area contributed by atoms with Crippen LogP contribution < -0.4 is 19.1 Å².